The van der Waals surface area contributed by atoms with Crippen LogP contribution in [0.3, 0.4) is 0 Å². The normalized spacial score (nSPS) is 24.4. The molecule has 5 rings (SSSR count). The fourth-order valence-corrected chi connectivity index (χ4v) is 5.22. The lowest BCUT2D eigenvalue weighted by Crippen LogP contribution is -2.55. The second kappa shape index (κ2) is 9.06. The molecular formula is C22H36N8O. The number of anilines is 3. The van der Waals surface area contributed by atoms with Gasteiger partial charge in [-0.3, -0.25) is 5.32 Å². The maximum Gasteiger partial charge on any atom is 0.321 e. The summed E-state index contributed by atoms with van der Waals surface area (Å²) < 4.78 is 0. The van der Waals surface area contributed by atoms with Crippen molar-refractivity contribution in [3.05, 3.63) is 6.07 Å². The molecule has 0 unspecified atom stereocenters. The smallest absolute Gasteiger partial charge is 0.321 e. The van der Waals surface area contributed by atoms with E-state index in [1.165, 1.54) is 25.7 Å². The second-order valence-electron chi connectivity index (χ2n) is 9.25. The number of nitrogens with zero attached hydrogens (tertiary/aromatic N) is 7. The number of nitrogens with one attached hydrogen (secondary N) is 1. The first kappa shape index (κ1) is 20.6. The maximum absolute atomic E-state index is 12.9. The molecule has 5 heterocycles. The predicted molar refractivity (Wildman–Crippen MR) is 123 cm³/mol. The maximum atomic E-state index is 12.9. The van der Waals surface area contributed by atoms with Crippen LogP contribution in [-0.2, 0) is 0 Å². The van der Waals surface area contributed by atoms with Crippen LogP contribution in [0.2, 0.25) is 0 Å². The van der Waals surface area contributed by atoms with Crippen LogP contribution in [0.25, 0.3) is 0 Å². The van der Waals surface area contributed by atoms with Gasteiger partial charge >= 0.3 is 6.03 Å². The van der Waals surface area contributed by atoms with E-state index >= 15 is 0 Å². The van der Waals surface area contributed by atoms with Crippen LogP contribution in [-0.4, -0.2) is 97.9 Å². The van der Waals surface area contributed by atoms with E-state index in [0.29, 0.717) is 0 Å². The van der Waals surface area contributed by atoms with E-state index in [-0.39, 0.29) is 12.2 Å². The lowest BCUT2D eigenvalue weighted by molar-refractivity contribution is 0.139. The van der Waals surface area contributed by atoms with E-state index in [1.807, 2.05) is 16.8 Å². The summed E-state index contributed by atoms with van der Waals surface area (Å²) in [5.74, 6) is 2.95. The zero-order chi connectivity index (χ0) is 21.2. The molecule has 9 heteroatoms. The van der Waals surface area contributed by atoms with Crippen LogP contribution in [0.15, 0.2) is 6.07 Å². The van der Waals surface area contributed by atoms with E-state index < -0.39 is 0 Å². The molecule has 0 bridgehead atoms. The summed E-state index contributed by atoms with van der Waals surface area (Å²) in [4.78, 5) is 33.8. The van der Waals surface area contributed by atoms with Gasteiger partial charge in [0.1, 0.15) is 11.6 Å². The Kier molecular flexibility index (Phi) is 6.02. The lowest BCUT2D eigenvalue weighted by atomic mass is 10.3. The number of carbonyl (C=O) groups is 1. The van der Waals surface area contributed by atoms with Crippen molar-refractivity contribution in [2.75, 3.05) is 80.7 Å². The standard InChI is InChI=1S/C22H36N8O/c1-26(18-7-6-8-23-18)22(31)30-15-13-28(14-16-30)20-17-19(27-9-2-3-10-27)24-21(25-20)29-11-4-5-12-29/h17-18,23H,2-16H2,1H3/t18-/m0/s1. The van der Waals surface area contributed by atoms with Crippen molar-refractivity contribution in [3.63, 3.8) is 0 Å². The summed E-state index contributed by atoms with van der Waals surface area (Å²) in [7, 11) is 1.92. The van der Waals surface area contributed by atoms with Gasteiger partial charge in [-0.15, -0.1) is 0 Å². The van der Waals surface area contributed by atoms with E-state index in [0.717, 1.165) is 89.3 Å². The fraction of sp³-hybridized carbons (Fsp3) is 0.773. The minimum Gasteiger partial charge on any atom is -0.356 e. The summed E-state index contributed by atoms with van der Waals surface area (Å²) in [5, 5.41) is 3.42. The molecular weight excluding hydrogens is 392 g/mol. The predicted octanol–water partition coefficient (Wildman–Crippen LogP) is 1.56. The van der Waals surface area contributed by atoms with Crippen molar-refractivity contribution in [2.24, 2.45) is 0 Å². The number of carbonyl (C=O) groups excluding carboxylic acids is 1. The monoisotopic (exact) mass is 428 g/mol. The molecule has 1 atom stereocenters. The van der Waals surface area contributed by atoms with Gasteiger partial charge in [0.15, 0.2) is 0 Å². The van der Waals surface area contributed by atoms with Gasteiger partial charge in [-0.25, -0.2) is 4.79 Å². The Hall–Kier alpha value is -2.29. The van der Waals surface area contributed by atoms with Crippen LogP contribution in [0.1, 0.15) is 38.5 Å². The summed E-state index contributed by atoms with van der Waals surface area (Å²) in [6.07, 6.45) is 7.28. The third kappa shape index (κ3) is 4.37. The zero-order valence-corrected chi connectivity index (χ0v) is 18.8. The van der Waals surface area contributed by atoms with Crippen LogP contribution >= 0.6 is 0 Å². The Morgan fingerprint density at radius 2 is 1.45 bits per heavy atom. The number of rotatable bonds is 4. The van der Waals surface area contributed by atoms with E-state index in [2.05, 4.69) is 26.1 Å². The molecule has 31 heavy (non-hydrogen) atoms. The van der Waals surface area contributed by atoms with Crippen molar-refractivity contribution in [1.29, 1.82) is 0 Å². The van der Waals surface area contributed by atoms with Gasteiger partial charge in [0, 0.05) is 65.5 Å². The molecule has 4 fully saturated rings. The Balaban J connectivity index is 1.28. The first-order chi connectivity index (χ1) is 15.2. The minimum absolute atomic E-state index is 0.136. The van der Waals surface area contributed by atoms with Crippen LogP contribution in [0.5, 0.6) is 0 Å². The molecule has 4 saturated heterocycles. The highest BCUT2D eigenvalue weighted by atomic mass is 16.2. The van der Waals surface area contributed by atoms with Gasteiger partial charge in [0.25, 0.3) is 0 Å². The highest BCUT2D eigenvalue weighted by Crippen LogP contribution is 2.28. The van der Waals surface area contributed by atoms with Gasteiger partial charge in [0.05, 0.1) is 6.17 Å². The topological polar surface area (TPSA) is 71.1 Å². The number of aromatic nitrogens is 2. The average molecular weight is 429 g/mol. The number of urea groups is 1. The average Bonchev–Trinajstić information content (AvgIpc) is 3.61. The third-order valence-corrected chi connectivity index (χ3v) is 7.18. The molecule has 1 aromatic rings. The second-order valence-corrected chi connectivity index (χ2v) is 9.25. The number of hydrogen-bond acceptors (Lipinski definition) is 7. The molecule has 1 N–H and O–H groups in total. The SMILES string of the molecule is CN(C(=O)N1CCN(c2cc(N3CCCC3)nc(N3CCCC3)n2)CC1)[C@H]1CCCN1. The Morgan fingerprint density at radius 3 is 2.03 bits per heavy atom. The van der Waals surface area contributed by atoms with Gasteiger partial charge in [-0.1, -0.05) is 0 Å². The van der Waals surface area contributed by atoms with Crippen LogP contribution in [0.4, 0.5) is 22.4 Å². The number of hydrogen-bond donors (Lipinski definition) is 1. The number of amides is 2. The summed E-state index contributed by atoms with van der Waals surface area (Å²) in [6, 6.07) is 2.30. The summed E-state index contributed by atoms with van der Waals surface area (Å²) >= 11 is 0. The van der Waals surface area contributed by atoms with Crippen molar-refractivity contribution >= 4 is 23.6 Å². The molecule has 4 aliphatic rings. The van der Waals surface area contributed by atoms with Crippen LogP contribution < -0.4 is 20.0 Å². The fourth-order valence-electron chi connectivity index (χ4n) is 5.22. The van der Waals surface area contributed by atoms with Gasteiger partial charge < -0.3 is 24.5 Å². The van der Waals surface area contributed by atoms with Crippen LogP contribution in [0, 0.1) is 0 Å². The quantitative estimate of drug-likeness (QED) is 0.780. The van der Waals surface area contributed by atoms with Gasteiger partial charge in [0.2, 0.25) is 5.95 Å². The van der Waals surface area contributed by atoms with Gasteiger partial charge in [-0.05, 0) is 45.1 Å². The molecule has 9 nitrogen and oxygen atoms in total. The van der Waals surface area contributed by atoms with Crippen molar-refractivity contribution in [3.8, 4) is 0 Å². The van der Waals surface area contributed by atoms with Crippen molar-refractivity contribution in [1.82, 2.24) is 25.1 Å². The summed E-state index contributed by atoms with van der Waals surface area (Å²) in [5.41, 5.74) is 0. The molecule has 0 aromatic carbocycles. The molecule has 2 amide bonds. The van der Waals surface area contributed by atoms with Crippen molar-refractivity contribution < 1.29 is 4.79 Å². The highest BCUT2D eigenvalue weighted by Gasteiger charge is 2.30. The minimum atomic E-state index is 0.136. The first-order valence-corrected chi connectivity index (χ1v) is 12.1. The molecule has 1 aromatic heterocycles. The van der Waals surface area contributed by atoms with E-state index in [4.69, 9.17) is 9.97 Å². The third-order valence-electron chi connectivity index (χ3n) is 7.18. The Labute approximate surface area is 185 Å². The lowest BCUT2D eigenvalue weighted by Gasteiger charge is -2.38. The largest absolute Gasteiger partial charge is 0.356 e. The zero-order valence-electron chi connectivity index (χ0n) is 18.8. The number of piperazine rings is 1. The Morgan fingerprint density at radius 1 is 0.871 bits per heavy atom. The highest BCUT2D eigenvalue weighted by molar-refractivity contribution is 5.75. The Bertz CT molecular complexity index is 729. The summed E-state index contributed by atoms with van der Waals surface area (Å²) in [6.45, 7) is 8.36. The molecule has 0 saturated carbocycles. The van der Waals surface area contributed by atoms with E-state index in [9.17, 15) is 4.79 Å². The van der Waals surface area contributed by atoms with Gasteiger partial charge in [-0.2, -0.15) is 9.97 Å². The molecule has 0 spiro atoms. The molecule has 170 valence electrons. The molecule has 4 aliphatic heterocycles. The first-order valence-electron chi connectivity index (χ1n) is 12.1. The molecule has 0 radical (unpaired) electrons. The van der Waals surface area contributed by atoms with Crippen molar-refractivity contribution in [2.45, 2.75) is 44.7 Å². The molecule has 0 aliphatic carbocycles. The van der Waals surface area contributed by atoms with E-state index in [1.54, 1.807) is 0 Å².